The number of nitrogens with one attached hydrogen (secondary N) is 1. The smallest absolute Gasteiger partial charge is 0.447 e. The van der Waals surface area contributed by atoms with Crippen molar-refractivity contribution in [1.29, 1.82) is 0 Å². The lowest BCUT2D eigenvalue weighted by atomic mass is 10.1. The zero-order valence-electron chi connectivity index (χ0n) is 16.8. The second-order valence-electron chi connectivity index (χ2n) is 7.12. The van der Waals surface area contributed by atoms with Gasteiger partial charge < -0.3 is 24.0 Å². The summed E-state index contributed by atoms with van der Waals surface area (Å²) in [6.45, 7) is 1.49. The van der Waals surface area contributed by atoms with E-state index >= 15 is 0 Å². The van der Waals surface area contributed by atoms with E-state index in [0.29, 0.717) is 6.61 Å². The van der Waals surface area contributed by atoms with Gasteiger partial charge in [0.1, 0.15) is 6.61 Å². The van der Waals surface area contributed by atoms with Crippen molar-refractivity contribution in [1.82, 2.24) is 9.80 Å². The summed E-state index contributed by atoms with van der Waals surface area (Å²) in [6, 6.07) is 3.02. The molecular formula is C18H22F3N3O7S. The van der Waals surface area contributed by atoms with Crippen molar-refractivity contribution in [2.75, 3.05) is 44.1 Å². The van der Waals surface area contributed by atoms with E-state index in [1.807, 2.05) is 4.72 Å². The predicted molar refractivity (Wildman–Crippen MR) is 105 cm³/mol. The molecule has 1 aromatic carbocycles. The number of amides is 2. The number of halogens is 3. The molecule has 2 amide bonds. The van der Waals surface area contributed by atoms with Crippen LogP contribution in [-0.2, 0) is 20.4 Å². The average molecular weight is 481 g/mol. The molecule has 1 unspecified atom stereocenters. The Morgan fingerprint density at radius 3 is 2.44 bits per heavy atom. The molecule has 0 saturated carbocycles. The normalized spacial score (nSPS) is 19.2. The highest BCUT2D eigenvalue weighted by atomic mass is 32.2. The van der Waals surface area contributed by atoms with Gasteiger partial charge in [0.2, 0.25) is 10.9 Å². The van der Waals surface area contributed by atoms with Gasteiger partial charge in [0.25, 0.3) is 5.91 Å². The van der Waals surface area contributed by atoms with Crippen molar-refractivity contribution in [2.45, 2.75) is 25.3 Å². The summed E-state index contributed by atoms with van der Waals surface area (Å²) in [5.74, 6) is -1.43. The molecule has 2 aliphatic heterocycles. The van der Waals surface area contributed by atoms with Crippen molar-refractivity contribution in [3.8, 4) is 5.75 Å². The van der Waals surface area contributed by atoms with Crippen LogP contribution in [0.5, 0.6) is 5.75 Å². The van der Waals surface area contributed by atoms with Gasteiger partial charge in [0.05, 0.1) is 11.8 Å². The van der Waals surface area contributed by atoms with Crippen molar-refractivity contribution in [2.24, 2.45) is 0 Å². The summed E-state index contributed by atoms with van der Waals surface area (Å²) in [5, 5.41) is 0. The summed E-state index contributed by atoms with van der Waals surface area (Å²) >= 11 is 0. The lowest BCUT2D eigenvalue weighted by Gasteiger charge is -2.34. The minimum atomic E-state index is -5.08. The van der Waals surface area contributed by atoms with E-state index in [0.717, 1.165) is 25.0 Å². The van der Waals surface area contributed by atoms with Gasteiger partial charge in [-0.05, 0) is 31.0 Å². The molecule has 0 bridgehead atoms. The molecule has 1 aromatic rings. The molecule has 178 valence electrons. The predicted octanol–water partition coefficient (Wildman–Crippen LogP) is 1.60. The molecule has 2 fully saturated rings. The molecule has 1 N–H and O–H groups in total. The molecule has 14 heteroatoms. The van der Waals surface area contributed by atoms with Crippen molar-refractivity contribution < 1.29 is 45.4 Å². The lowest BCUT2D eigenvalue weighted by Crippen LogP contribution is -2.51. The van der Waals surface area contributed by atoms with Gasteiger partial charge in [-0.1, -0.05) is 0 Å². The third-order valence-electron chi connectivity index (χ3n) is 4.91. The maximum Gasteiger partial charge on any atom is 0.573 e. The largest absolute Gasteiger partial charge is 0.573 e. The van der Waals surface area contributed by atoms with Crippen molar-refractivity contribution >= 4 is 28.6 Å². The molecular weight excluding hydrogens is 459 g/mol. The molecule has 2 heterocycles. The highest BCUT2D eigenvalue weighted by Gasteiger charge is 2.33. The highest BCUT2D eigenvalue weighted by molar-refractivity contribution is 7.73. The molecule has 2 aliphatic rings. The quantitative estimate of drug-likeness (QED) is 0.593. The van der Waals surface area contributed by atoms with Gasteiger partial charge in [-0.25, -0.2) is 13.2 Å². The number of alkyl halides is 3. The Morgan fingerprint density at radius 2 is 1.84 bits per heavy atom. The lowest BCUT2D eigenvalue weighted by molar-refractivity contribution is -0.274. The number of piperazine rings is 1. The number of thiol groups is 1. The Bertz CT molecular complexity index is 904. The molecule has 2 saturated heterocycles. The third kappa shape index (κ3) is 6.63. The second-order valence-corrected chi connectivity index (χ2v) is 7.86. The van der Waals surface area contributed by atoms with E-state index in [1.165, 1.54) is 15.9 Å². The average Bonchev–Trinajstić information content (AvgIpc) is 3.25. The Labute approximate surface area is 183 Å². The maximum atomic E-state index is 12.7. The van der Waals surface area contributed by atoms with E-state index in [4.69, 9.17) is 9.47 Å². The summed E-state index contributed by atoms with van der Waals surface area (Å²) in [4.78, 5) is 27.7. The van der Waals surface area contributed by atoms with E-state index in [-0.39, 0.29) is 44.5 Å². The first-order chi connectivity index (χ1) is 15.1. The minimum Gasteiger partial charge on any atom is -0.447 e. The molecule has 0 radical (unpaired) electrons. The Kier molecular flexibility index (Phi) is 7.66. The fourth-order valence-corrected chi connectivity index (χ4v) is 3.74. The van der Waals surface area contributed by atoms with Gasteiger partial charge in [0.15, 0.2) is 5.75 Å². The van der Waals surface area contributed by atoms with Gasteiger partial charge in [-0.3, -0.25) is 9.52 Å². The van der Waals surface area contributed by atoms with Crippen LogP contribution < -0.4 is 9.46 Å². The Morgan fingerprint density at radius 1 is 1.16 bits per heavy atom. The number of benzene rings is 1. The van der Waals surface area contributed by atoms with Crippen LogP contribution in [-0.4, -0.2) is 82.1 Å². The van der Waals surface area contributed by atoms with E-state index in [9.17, 15) is 31.2 Å². The fourth-order valence-electron chi connectivity index (χ4n) is 3.36. The first-order valence-electron chi connectivity index (χ1n) is 9.76. The van der Waals surface area contributed by atoms with Crippen LogP contribution in [0.25, 0.3) is 0 Å². The molecule has 0 spiro atoms. The zero-order chi connectivity index (χ0) is 23.3. The topological polar surface area (TPSA) is 114 Å². The van der Waals surface area contributed by atoms with Crippen LogP contribution in [0.15, 0.2) is 18.2 Å². The van der Waals surface area contributed by atoms with Gasteiger partial charge in [0, 0.05) is 38.3 Å². The molecule has 1 atom stereocenters. The molecule has 0 aliphatic carbocycles. The summed E-state index contributed by atoms with van der Waals surface area (Å²) in [5.41, 5.74) is -0.570. The van der Waals surface area contributed by atoms with Crippen molar-refractivity contribution in [3.05, 3.63) is 23.8 Å². The van der Waals surface area contributed by atoms with E-state index in [1.54, 1.807) is 0 Å². The summed E-state index contributed by atoms with van der Waals surface area (Å²) < 4.78 is 76.0. The Hall–Kier alpha value is -2.74. The molecule has 3 rings (SSSR count). The van der Waals surface area contributed by atoms with Crippen LogP contribution in [0.4, 0.5) is 23.7 Å². The standard InChI is InChI=1S/C18H22F3N3O7S/c19-18(20,21)31-15-10-12(3-4-14(15)22-32(27)28)16(25)23-5-7-24(8-6-23)17(26)30-11-13-2-1-9-29-13/h3-4,10,13,32H,1-2,5-9,11H2,(H,22,27,28). The van der Waals surface area contributed by atoms with Crippen LogP contribution >= 0.6 is 0 Å². The van der Waals surface area contributed by atoms with E-state index in [2.05, 4.69) is 4.74 Å². The SMILES string of the molecule is O=C(OCC1CCCO1)N1CCN(C(=O)c2ccc(N[SH](=O)=O)c(OC(F)(F)F)c2)CC1. The van der Waals surface area contributed by atoms with Crippen LogP contribution in [0, 0.1) is 0 Å². The number of nitrogens with zero attached hydrogens (tertiary/aromatic N) is 2. The molecule has 10 nitrogen and oxygen atoms in total. The van der Waals surface area contributed by atoms with E-state index < -0.39 is 40.7 Å². The first-order valence-corrected chi connectivity index (χ1v) is 10.9. The number of hydrogen-bond donors (Lipinski definition) is 2. The Balaban J connectivity index is 1.60. The minimum absolute atomic E-state index is 0.104. The number of hydrogen-bond acceptors (Lipinski definition) is 7. The van der Waals surface area contributed by atoms with Crippen LogP contribution in [0.3, 0.4) is 0 Å². The first kappa shape index (κ1) is 23.9. The number of carbonyl (C=O) groups is 2. The molecule has 32 heavy (non-hydrogen) atoms. The molecule has 0 aromatic heterocycles. The van der Waals surface area contributed by atoms with Crippen LogP contribution in [0.1, 0.15) is 23.2 Å². The van der Waals surface area contributed by atoms with Gasteiger partial charge in [-0.15, -0.1) is 13.2 Å². The fraction of sp³-hybridized carbons (Fsp3) is 0.556. The summed E-state index contributed by atoms with van der Waals surface area (Å²) in [6.07, 6.45) is -3.95. The maximum absolute atomic E-state index is 12.7. The summed E-state index contributed by atoms with van der Waals surface area (Å²) in [7, 11) is -3.24. The number of carbonyl (C=O) groups excluding carboxylic acids is 2. The second kappa shape index (κ2) is 10.3. The van der Waals surface area contributed by atoms with Gasteiger partial charge >= 0.3 is 12.5 Å². The zero-order valence-corrected chi connectivity index (χ0v) is 17.7. The van der Waals surface area contributed by atoms with Crippen LogP contribution in [0.2, 0.25) is 0 Å². The highest BCUT2D eigenvalue weighted by Crippen LogP contribution is 2.32. The van der Waals surface area contributed by atoms with Gasteiger partial charge in [-0.2, -0.15) is 0 Å². The monoisotopic (exact) mass is 481 g/mol. The van der Waals surface area contributed by atoms with Crippen molar-refractivity contribution in [3.63, 3.8) is 0 Å². The third-order valence-corrected chi connectivity index (χ3v) is 5.33. The number of ether oxygens (including phenoxy) is 3. The number of anilines is 1. The number of rotatable bonds is 6.